The maximum absolute atomic E-state index is 12.8. The predicted octanol–water partition coefficient (Wildman–Crippen LogP) is 2.80. The number of carbonyl (C=O) groups is 3. The van der Waals surface area contributed by atoms with Gasteiger partial charge in [0.15, 0.2) is 5.13 Å². The highest BCUT2D eigenvalue weighted by Crippen LogP contribution is 2.30. The SMILES string of the molecule is CCc1ccc2nc(N3CCN(C(=O)CN4C(=O)c5ccccc5C4=O)CC3)sc2c1. The van der Waals surface area contributed by atoms with E-state index in [4.69, 9.17) is 4.98 Å². The van der Waals surface area contributed by atoms with Gasteiger partial charge >= 0.3 is 0 Å². The van der Waals surface area contributed by atoms with Crippen LogP contribution in [0.25, 0.3) is 10.2 Å². The van der Waals surface area contributed by atoms with Gasteiger partial charge in [-0.05, 0) is 36.2 Å². The molecular weight excluding hydrogens is 412 g/mol. The number of piperazine rings is 1. The van der Waals surface area contributed by atoms with E-state index in [2.05, 4.69) is 30.0 Å². The molecule has 8 heteroatoms. The van der Waals surface area contributed by atoms with Gasteiger partial charge < -0.3 is 9.80 Å². The first-order chi connectivity index (χ1) is 15.0. The molecule has 1 aromatic heterocycles. The van der Waals surface area contributed by atoms with Gasteiger partial charge in [-0.15, -0.1) is 0 Å². The molecule has 0 bridgehead atoms. The normalized spacial score (nSPS) is 16.4. The average Bonchev–Trinajstić information content (AvgIpc) is 3.34. The zero-order valence-electron chi connectivity index (χ0n) is 17.2. The summed E-state index contributed by atoms with van der Waals surface area (Å²) in [7, 11) is 0. The summed E-state index contributed by atoms with van der Waals surface area (Å²) in [6.45, 7) is 4.35. The van der Waals surface area contributed by atoms with E-state index in [1.54, 1.807) is 40.5 Å². The molecule has 3 amide bonds. The molecule has 1 saturated heterocycles. The van der Waals surface area contributed by atoms with Gasteiger partial charge in [-0.1, -0.05) is 36.5 Å². The summed E-state index contributed by atoms with van der Waals surface area (Å²) in [6.07, 6.45) is 0.997. The molecule has 0 unspecified atom stereocenters. The van der Waals surface area contributed by atoms with E-state index in [1.807, 2.05) is 0 Å². The highest BCUT2D eigenvalue weighted by molar-refractivity contribution is 7.22. The van der Waals surface area contributed by atoms with Gasteiger partial charge in [-0.3, -0.25) is 19.3 Å². The van der Waals surface area contributed by atoms with Crippen LogP contribution in [0.5, 0.6) is 0 Å². The molecule has 3 heterocycles. The molecule has 7 nitrogen and oxygen atoms in total. The van der Waals surface area contributed by atoms with Gasteiger partial charge in [0.25, 0.3) is 11.8 Å². The lowest BCUT2D eigenvalue weighted by Crippen LogP contribution is -2.51. The van der Waals surface area contributed by atoms with Crippen molar-refractivity contribution in [1.82, 2.24) is 14.8 Å². The van der Waals surface area contributed by atoms with Crippen LogP contribution in [0.15, 0.2) is 42.5 Å². The van der Waals surface area contributed by atoms with E-state index in [0.717, 1.165) is 22.0 Å². The third-order valence-corrected chi connectivity index (χ3v) is 7.00. The molecule has 1 fully saturated rings. The lowest BCUT2D eigenvalue weighted by molar-refractivity contribution is -0.131. The first-order valence-corrected chi connectivity index (χ1v) is 11.2. The minimum Gasteiger partial charge on any atom is -0.345 e. The molecule has 0 aliphatic carbocycles. The molecule has 0 spiro atoms. The first kappa shape index (κ1) is 19.7. The van der Waals surface area contributed by atoms with Crippen LogP contribution in [0.1, 0.15) is 33.2 Å². The van der Waals surface area contributed by atoms with Gasteiger partial charge in [0.05, 0.1) is 21.3 Å². The zero-order valence-corrected chi connectivity index (χ0v) is 18.0. The van der Waals surface area contributed by atoms with Gasteiger partial charge in [-0.25, -0.2) is 4.98 Å². The molecule has 3 aromatic rings. The van der Waals surface area contributed by atoms with Gasteiger partial charge in [0.2, 0.25) is 5.91 Å². The van der Waals surface area contributed by atoms with Crippen molar-refractivity contribution in [2.24, 2.45) is 0 Å². The molecule has 5 rings (SSSR count). The lowest BCUT2D eigenvalue weighted by Gasteiger charge is -2.35. The van der Waals surface area contributed by atoms with E-state index in [1.165, 1.54) is 10.3 Å². The second-order valence-corrected chi connectivity index (χ2v) is 8.77. The Balaban J connectivity index is 1.22. The molecule has 2 aliphatic rings. The Morgan fingerprint density at radius 3 is 2.32 bits per heavy atom. The fraction of sp³-hybridized carbons (Fsp3) is 0.304. The third kappa shape index (κ3) is 3.46. The zero-order chi connectivity index (χ0) is 21.5. The number of amides is 3. The van der Waals surface area contributed by atoms with Crippen molar-refractivity contribution in [3.8, 4) is 0 Å². The van der Waals surface area contributed by atoms with E-state index < -0.39 is 11.8 Å². The quantitative estimate of drug-likeness (QED) is 0.591. The lowest BCUT2D eigenvalue weighted by atomic mass is 10.1. The van der Waals surface area contributed by atoms with E-state index >= 15 is 0 Å². The number of benzene rings is 2. The number of fused-ring (bicyclic) bond motifs is 2. The van der Waals surface area contributed by atoms with Crippen LogP contribution < -0.4 is 4.90 Å². The number of hydrogen-bond donors (Lipinski definition) is 0. The highest BCUT2D eigenvalue weighted by atomic mass is 32.1. The number of rotatable bonds is 4. The van der Waals surface area contributed by atoms with Crippen molar-refractivity contribution >= 4 is 44.4 Å². The summed E-state index contributed by atoms with van der Waals surface area (Å²) in [6, 6.07) is 13.1. The number of anilines is 1. The standard InChI is InChI=1S/C23H22N4O3S/c1-2-15-7-8-18-19(13-15)31-23(24-18)26-11-9-25(10-12-26)20(28)14-27-21(29)16-5-3-4-6-17(16)22(27)30/h3-8,13H,2,9-12,14H2,1H3. The second-order valence-electron chi connectivity index (χ2n) is 7.76. The number of hydrogen-bond acceptors (Lipinski definition) is 6. The van der Waals surface area contributed by atoms with Crippen molar-refractivity contribution in [2.45, 2.75) is 13.3 Å². The highest BCUT2D eigenvalue weighted by Gasteiger charge is 2.37. The fourth-order valence-electron chi connectivity index (χ4n) is 4.08. The Hall–Kier alpha value is -3.26. The minimum absolute atomic E-state index is 0.203. The van der Waals surface area contributed by atoms with Crippen LogP contribution >= 0.6 is 11.3 Å². The maximum Gasteiger partial charge on any atom is 0.262 e. The summed E-state index contributed by atoms with van der Waals surface area (Å²) in [5.41, 5.74) is 3.03. The maximum atomic E-state index is 12.8. The fourth-order valence-corrected chi connectivity index (χ4v) is 5.16. The van der Waals surface area contributed by atoms with Crippen molar-refractivity contribution in [3.05, 3.63) is 59.2 Å². The Labute approximate surface area is 183 Å². The van der Waals surface area contributed by atoms with Gasteiger partial charge in [0, 0.05) is 26.2 Å². The summed E-state index contributed by atoms with van der Waals surface area (Å²) < 4.78 is 1.18. The summed E-state index contributed by atoms with van der Waals surface area (Å²) in [4.78, 5) is 47.6. The Bertz CT molecular complexity index is 1160. The molecule has 31 heavy (non-hydrogen) atoms. The summed E-state index contributed by atoms with van der Waals surface area (Å²) >= 11 is 1.68. The van der Waals surface area contributed by atoms with Crippen LogP contribution in [0, 0.1) is 0 Å². The van der Waals surface area contributed by atoms with Gasteiger partial charge in [-0.2, -0.15) is 0 Å². The molecular formula is C23H22N4O3S. The number of nitrogens with zero attached hydrogens (tertiary/aromatic N) is 4. The monoisotopic (exact) mass is 434 g/mol. The van der Waals surface area contributed by atoms with Crippen molar-refractivity contribution in [3.63, 3.8) is 0 Å². The Morgan fingerprint density at radius 2 is 1.68 bits per heavy atom. The molecule has 0 saturated carbocycles. The minimum atomic E-state index is -0.395. The summed E-state index contributed by atoms with van der Waals surface area (Å²) in [5, 5.41) is 0.968. The Morgan fingerprint density at radius 1 is 1.00 bits per heavy atom. The molecule has 2 aromatic carbocycles. The van der Waals surface area contributed by atoms with Crippen LogP contribution in [0.3, 0.4) is 0 Å². The third-order valence-electron chi connectivity index (χ3n) is 5.92. The first-order valence-electron chi connectivity index (χ1n) is 10.4. The largest absolute Gasteiger partial charge is 0.345 e. The molecule has 2 aliphatic heterocycles. The second kappa shape index (κ2) is 7.77. The van der Waals surface area contributed by atoms with Crippen molar-refractivity contribution in [1.29, 1.82) is 0 Å². The van der Waals surface area contributed by atoms with Crippen LogP contribution in [-0.2, 0) is 11.2 Å². The average molecular weight is 435 g/mol. The topological polar surface area (TPSA) is 73.8 Å². The smallest absolute Gasteiger partial charge is 0.262 e. The number of carbonyl (C=O) groups excluding carboxylic acids is 3. The predicted molar refractivity (Wildman–Crippen MR) is 120 cm³/mol. The van der Waals surface area contributed by atoms with Crippen LogP contribution in [-0.4, -0.2) is 65.2 Å². The number of imide groups is 1. The Kier molecular flexibility index (Phi) is 4.94. The summed E-state index contributed by atoms with van der Waals surface area (Å²) in [5.74, 6) is -0.993. The van der Waals surface area contributed by atoms with Crippen LogP contribution in [0.2, 0.25) is 0 Å². The number of aryl methyl sites for hydroxylation is 1. The van der Waals surface area contributed by atoms with E-state index in [0.29, 0.717) is 37.3 Å². The van der Waals surface area contributed by atoms with Crippen LogP contribution in [0.4, 0.5) is 5.13 Å². The molecule has 158 valence electrons. The molecule has 0 radical (unpaired) electrons. The number of aromatic nitrogens is 1. The van der Waals surface area contributed by atoms with Crippen molar-refractivity contribution < 1.29 is 14.4 Å². The number of thiazole rings is 1. The van der Waals surface area contributed by atoms with Crippen molar-refractivity contribution in [2.75, 3.05) is 37.6 Å². The van der Waals surface area contributed by atoms with E-state index in [9.17, 15) is 14.4 Å². The molecule has 0 atom stereocenters. The van der Waals surface area contributed by atoms with E-state index in [-0.39, 0.29) is 12.5 Å². The van der Waals surface area contributed by atoms with Gasteiger partial charge in [0.1, 0.15) is 6.54 Å². The molecule has 0 N–H and O–H groups in total.